The predicted octanol–water partition coefficient (Wildman–Crippen LogP) is 3.37. The Morgan fingerprint density at radius 3 is 2.52 bits per heavy atom. The lowest BCUT2D eigenvalue weighted by Gasteiger charge is -2.27. The van der Waals surface area contributed by atoms with Crippen molar-refractivity contribution in [1.82, 2.24) is 4.90 Å². The van der Waals surface area contributed by atoms with Gasteiger partial charge >= 0.3 is 0 Å². The Balaban J connectivity index is 1.76. The maximum Gasteiger partial charge on any atom is 0.255 e. The van der Waals surface area contributed by atoms with E-state index in [0.717, 1.165) is 5.56 Å². The molecule has 1 fully saturated rings. The molecule has 0 bridgehead atoms. The van der Waals surface area contributed by atoms with Gasteiger partial charge in [-0.1, -0.05) is 17.7 Å². The topological polar surface area (TPSA) is 58.6 Å². The fourth-order valence-corrected chi connectivity index (χ4v) is 2.93. The van der Waals surface area contributed by atoms with Gasteiger partial charge < -0.3 is 15.0 Å². The van der Waals surface area contributed by atoms with Crippen LogP contribution < -0.4 is 5.32 Å². The summed E-state index contributed by atoms with van der Waals surface area (Å²) in [5, 5.41) is 3.48. The number of rotatable bonds is 3. The molecule has 1 heterocycles. The highest BCUT2D eigenvalue weighted by Gasteiger charge is 2.19. The largest absolute Gasteiger partial charge is 0.378 e. The molecule has 0 aliphatic carbocycles. The Hall–Kier alpha value is -2.37. The van der Waals surface area contributed by atoms with Crippen molar-refractivity contribution in [3.05, 3.63) is 64.2 Å². The molecule has 3 rings (SSSR count). The summed E-state index contributed by atoms with van der Waals surface area (Å²) < 4.78 is 5.27. The van der Waals surface area contributed by atoms with Gasteiger partial charge in [-0.2, -0.15) is 0 Å². The maximum absolute atomic E-state index is 12.5. The molecule has 1 aliphatic heterocycles. The van der Waals surface area contributed by atoms with Crippen LogP contribution in [0.15, 0.2) is 42.5 Å². The van der Waals surface area contributed by atoms with Crippen molar-refractivity contribution in [1.29, 1.82) is 0 Å². The number of amides is 2. The molecule has 0 spiro atoms. The zero-order chi connectivity index (χ0) is 17.8. The highest BCUT2D eigenvalue weighted by atomic mass is 35.5. The minimum absolute atomic E-state index is 0.0828. The van der Waals surface area contributed by atoms with Gasteiger partial charge in [-0.15, -0.1) is 0 Å². The van der Waals surface area contributed by atoms with E-state index in [1.54, 1.807) is 47.4 Å². The zero-order valence-electron chi connectivity index (χ0n) is 13.9. The van der Waals surface area contributed by atoms with Crippen LogP contribution in [0.5, 0.6) is 0 Å². The number of hydrogen-bond donors (Lipinski definition) is 1. The number of nitrogens with one attached hydrogen (secondary N) is 1. The molecule has 2 aromatic rings. The molecule has 0 atom stereocenters. The van der Waals surface area contributed by atoms with Crippen molar-refractivity contribution in [2.75, 3.05) is 31.6 Å². The highest BCUT2D eigenvalue weighted by molar-refractivity contribution is 6.30. The van der Waals surface area contributed by atoms with E-state index in [-0.39, 0.29) is 11.8 Å². The van der Waals surface area contributed by atoms with E-state index < -0.39 is 0 Å². The van der Waals surface area contributed by atoms with Gasteiger partial charge in [0.1, 0.15) is 0 Å². The molecule has 130 valence electrons. The SMILES string of the molecule is Cc1cc(Cl)ccc1NC(=O)c1cccc(C(=O)N2CCOCC2)c1. The normalized spacial score (nSPS) is 14.2. The molecule has 0 radical (unpaired) electrons. The van der Waals surface area contributed by atoms with Crippen molar-refractivity contribution in [2.45, 2.75) is 6.92 Å². The quantitative estimate of drug-likeness (QED) is 0.915. The monoisotopic (exact) mass is 358 g/mol. The zero-order valence-corrected chi connectivity index (χ0v) is 14.7. The lowest BCUT2D eigenvalue weighted by Crippen LogP contribution is -2.40. The van der Waals surface area contributed by atoms with Gasteiger partial charge in [0.05, 0.1) is 13.2 Å². The molecular weight excluding hydrogens is 340 g/mol. The lowest BCUT2D eigenvalue weighted by molar-refractivity contribution is 0.0303. The number of carbonyl (C=O) groups is 2. The third-order valence-electron chi connectivity index (χ3n) is 4.11. The lowest BCUT2D eigenvalue weighted by atomic mass is 10.1. The Bertz CT molecular complexity index is 801. The summed E-state index contributed by atoms with van der Waals surface area (Å²) in [6.45, 7) is 4.10. The highest BCUT2D eigenvalue weighted by Crippen LogP contribution is 2.20. The van der Waals surface area contributed by atoms with Crippen LogP contribution in [0, 0.1) is 6.92 Å². The third-order valence-corrected chi connectivity index (χ3v) is 4.34. The second-order valence-electron chi connectivity index (χ2n) is 5.90. The van der Waals surface area contributed by atoms with Gasteiger partial charge in [0.15, 0.2) is 0 Å². The average Bonchev–Trinajstić information content (AvgIpc) is 2.64. The summed E-state index contributed by atoms with van der Waals surface area (Å²) in [5.74, 6) is -0.345. The molecule has 1 N–H and O–H groups in total. The Morgan fingerprint density at radius 1 is 1.08 bits per heavy atom. The van der Waals surface area contributed by atoms with E-state index in [9.17, 15) is 9.59 Å². The van der Waals surface area contributed by atoms with Gasteiger partial charge in [0.2, 0.25) is 0 Å². The number of halogens is 1. The van der Waals surface area contributed by atoms with E-state index >= 15 is 0 Å². The van der Waals surface area contributed by atoms with E-state index in [2.05, 4.69) is 5.32 Å². The van der Waals surface area contributed by atoms with Gasteiger partial charge in [-0.25, -0.2) is 0 Å². The fourth-order valence-electron chi connectivity index (χ4n) is 2.70. The summed E-state index contributed by atoms with van der Waals surface area (Å²) in [7, 11) is 0. The molecule has 2 aromatic carbocycles. The first-order chi connectivity index (χ1) is 12.0. The van der Waals surface area contributed by atoms with Crippen LogP contribution in [-0.2, 0) is 4.74 Å². The average molecular weight is 359 g/mol. The van der Waals surface area contributed by atoms with Crippen LogP contribution in [0.4, 0.5) is 5.69 Å². The van der Waals surface area contributed by atoms with Crippen LogP contribution in [0.3, 0.4) is 0 Å². The molecule has 0 unspecified atom stereocenters. The number of nitrogens with zero attached hydrogens (tertiary/aromatic N) is 1. The molecule has 1 saturated heterocycles. The first-order valence-corrected chi connectivity index (χ1v) is 8.47. The van der Waals surface area contributed by atoms with E-state index in [0.29, 0.717) is 48.1 Å². The summed E-state index contributed by atoms with van der Waals surface area (Å²) in [6, 6.07) is 12.0. The summed E-state index contributed by atoms with van der Waals surface area (Å²) in [5.41, 5.74) is 2.51. The van der Waals surface area contributed by atoms with E-state index in [4.69, 9.17) is 16.3 Å². The molecular formula is C19H19ClN2O3. The number of benzene rings is 2. The number of morpholine rings is 1. The van der Waals surface area contributed by atoms with Crippen molar-refractivity contribution >= 4 is 29.1 Å². The molecule has 5 nitrogen and oxygen atoms in total. The van der Waals surface area contributed by atoms with Crippen molar-refractivity contribution in [2.24, 2.45) is 0 Å². The Morgan fingerprint density at radius 2 is 1.80 bits per heavy atom. The first kappa shape index (κ1) is 17.5. The second kappa shape index (κ2) is 7.68. The van der Waals surface area contributed by atoms with Crippen LogP contribution in [0.1, 0.15) is 26.3 Å². The van der Waals surface area contributed by atoms with Crippen LogP contribution in [0.25, 0.3) is 0 Å². The molecule has 1 aliphatic rings. The summed E-state index contributed by atoms with van der Waals surface area (Å²) >= 11 is 5.94. The molecule has 2 amide bonds. The van der Waals surface area contributed by atoms with Gasteiger partial charge in [0, 0.05) is 34.9 Å². The first-order valence-electron chi connectivity index (χ1n) is 8.09. The van der Waals surface area contributed by atoms with Gasteiger partial charge in [0.25, 0.3) is 11.8 Å². The number of anilines is 1. The maximum atomic E-state index is 12.5. The number of ether oxygens (including phenoxy) is 1. The minimum atomic E-state index is -0.262. The van der Waals surface area contributed by atoms with E-state index in [1.807, 2.05) is 6.92 Å². The van der Waals surface area contributed by atoms with Crippen LogP contribution >= 0.6 is 11.6 Å². The Kier molecular flexibility index (Phi) is 5.36. The molecule has 25 heavy (non-hydrogen) atoms. The summed E-state index contributed by atoms with van der Waals surface area (Å²) in [4.78, 5) is 26.8. The fraction of sp³-hybridized carbons (Fsp3) is 0.263. The third kappa shape index (κ3) is 4.18. The standard InChI is InChI=1S/C19H19ClN2O3/c1-13-11-16(20)5-6-17(13)21-18(23)14-3-2-4-15(12-14)19(24)22-7-9-25-10-8-22/h2-6,11-12H,7-10H2,1H3,(H,21,23). The van der Waals surface area contributed by atoms with Crippen LogP contribution in [-0.4, -0.2) is 43.0 Å². The molecule has 6 heteroatoms. The Labute approximate surface area is 151 Å². The second-order valence-corrected chi connectivity index (χ2v) is 6.34. The van der Waals surface area contributed by atoms with Crippen molar-refractivity contribution in [3.63, 3.8) is 0 Å². The number of hydrogen-bond acceptors (Lipinski definition) is 3. The van der Waals surface area contributed by atoms with Gasteiger partial charge in [-0.3, -0.25) is 9.59 Å². The molecule has 0 saturated carbocycles. The minimum Gasteiger partial charge on any atom is -0.378 e. The number of aryl methyl sites for hydroxylation is 1. The predicted molar refractivity (Wildman–Crippen MR) is 97.3 cm³/mol. The summed E-state index contributed by atoms with van der Waals surface area (Å²) in [6.07, 6.45) is 0. The van der Waals surface area contributed by atoms with Crippen LogP contribution in [0.2, 0.25) is 5.02 Å². The number of carbonyl (C=O) groups excluding carboxylic acids is 2. The van der Waals surface area contributed by atoms with Crippen molar-refractivity contribution < 1.29 is 14.3 Å². The smallest absolute Gasteiger partial charge is 0.255 e. The van der Waals surface area contributed by atoms with E-state index in [1.165, 1.54) is 0 Å². The van der Waals surface area contributed by atoms with Gasteiger partial charge in [-0.05, 0) is 48.9 Å². The van der Waals surface area contributed by atoms with Crippen molar-refractivity contribution in [3.8, 4) is 0 Å². The molecule has 0 aromatic heterocycles.